The van der Waals surface area contributed by atoms with Crippen LogP contribution in [0.25, 0.3) is 32.8 Å². The van der Waals surface area contributed by atoms with Gasteiger partial charge in [0, 0.05) is 19.6 Å². The quantitative estimate of drug-likeness (QED) is 0.308. The molecule has 1 amide bonds. The van der Waals surface area contributed by atoms with Gasteiger partial charge in [-0.25, -0.2) is 9.78 Å². The number of hydrogen-bond donors (Lipinski definition) is 1. The summed E-state index contributed by atoms with van der Waals surface area (Å²) in [5.74, 6) is -1.95. The zero-order valence-electron chi connectivity index (χ0n) is 21.7. The summed E-state index contributed by atoms with van der Waals surface area (Å²) in [5, 5.41) is 12.9. The van der Waals surface area contributed by atoms with Crippen molar-refractivity contribution in [3.8, 4) is 27.6 Å². The topological polar surface area (TPSA) is 109 Å². The first-order valence-electron chi connectivity index (χ1n) is 11.7. The summed E-state index contributed by atoms with van der Waals surface area (Å²) in [6.45, 7) is 4.13. The molecule has 2 aromatic carbocycles. The molecule has 39 heavy (non-hydrogen) atoms. The van der Waals surface area contributed by atoms with Gasteiger partial charge in [-0.3, -0.25) is 4.79 Å². The number of carbonyl (C=O) groups excluding carboxylic acids is 1. The number of carboxylic acid groups (broad SMARTS) is 1. The Morgan fingerprint density at radius 1 is 1.08 bits per heavy atom. The molecule has 0 fully saturated rings. The number of fused-ring (bicyclic) bond motifs is 1. The fourth-order valence-electron chi connectivity index (χ4n) is 3.42. The molecule has 2 aromatic heterocycles. The molecular formula is C26H27F3N4O5S. The number of likely N-dealkylation sites (N-methyl/N-ethyl adjacent to an activating group) is 2. The van der Waals surface area contributed by atoms with E-state index in [9.17, 15) is 18.0 Å². The standard InChI is InChI=1S/C24H26N4O3S.C2HF3O2/c1-5-28(13-12-27(2)3)24(29)21-15-25-23(32-21)22-19-11-8-17(14-20(19)31-26-22)16-6-9-18(30-4)10-7-16;3-2(4,5)1(6)7/h6-11,14-15H,5,12-13H2,1-4H3;(H,6,7). The number of amides is 1. The summed E-state index contributed by atoms with van der Waals surface area (Å²) in [4.78, 5) is 30.8. The highest BCUT2D eigenvalue weighted by Gasteiger charge is 2.38. The van der Waals surface area contributed by atoms with E-state index in [2.05, 4.69) is 15.0 Å². The normalized spacial score (nSPS) is 11.3. The molecule has 208 valence electrons. The summed E-state index contributed by atoms with van der Waals surface area (Å²) in [6, 6.07) is 13.9. The molecule has 0 saturated carbocycles. The number of halogens is 3. The molecule has 0 saturated heterocycles. The lowest BCUT2D eigenvalue weighted by molar-refractivity contribution is -0.192. The first-order valence-corrected chi connectivity index (χ1v) is 12.5. The molecule has 9 nitrogen and oxygen atoms in total. The van der Waals surface area contributed by atoms with E-state index in [0.717, 1.165) is 28.8 Å². The van der Waals surface area contributed by atoms with E-state index in [0.29, 0.717) is 34.3 Å². The summed E-state index contributed by atoms with van der Waals surface area (Å²) in [6.07, 6.45) is -3.45. The van der Waals surface area contributed by atoms with Crippen LogP contribution in [0.2, 0.25) is 0 Å². The van der Waals surface area contributed by atoms with E-state index in [1.807, 2.05) is 68.4 Å². The minimum absolute atomic E-state index is 0.00677. The monoisotopic (exact) mass is 564 g/mol. The molecule has 0 bridgehead atoms. The fourth-order valence-corrected chi connectivity index (χ4v) is 4.30. The smallest absolute Gasteiger partial charge is 0.490 e. The maximum atomic E-state index is 12.9. The molecule has 0 unspecified atom stereocenters. The molecular weight excluding hydrogens is 537 g/mol. The van der Waals surface area contributed by atoms with Crippen LogP contribution in [0.5, 0.6) is 5.75 Å². The van der Waals surface area contributed by atoms with E-state index in [-0.39, 0.29) is 5.91 Å². The zero-order valence-corrected chi connectivity index (χ0v) is 22.5. The Labute approximate surface area is 226 Å². The van der Waals surface area contributed by atoms with Crippen LogP contribution in [0.1, 0.15) is 16.6 Å². The Kier molecular flexibility index (Phi) is 9.65. The van der Waals surface area contributed by atoms with Crippen molar-refractivity contribution in [2.45, 2.75) is 13.1 Å². The van der Waals surface area contributed by atoms with Crippen LogP contribution in [-0.2, 0) is 4.79 Å². The van der Waals surface area contributed by atoms with Crippen molar-refractivity contribution in [1.29, 1.82) is 0 Å². The van der Waals surface area contributed by atoms with Crippen molar-refractivity contribution in [1.82, 2.24) is 19.9 Å². The average Bonchev–Trinajstić information content (AvgIpc) is 3.55. The minimum atomic E-state index is -5.08. The van der Waals surface area contributed by atoms with Gasteiger partial charge in [-0.05, 0) is 56.4 Å². The number of alkyl halides is 3. The zero-order chi connectivity index (χ0) is 28.7. The Morgan fingerprint density at radius 3 is 2.28 bits per heavy atom. The van der Waals surface area contributed by atoms with E-state index in [1.54, 1.807) is 13.3 Å². The number of rotatable bonds is 8. The first-order chi connectivity index (χ1) is 18.4. The molecule has 0 aliphatic heterocycles. The summed E-state index contributed by atoms with van der Waals surface area (Å²) < 4.78 is 42.6. The Morgan fingerprint density at radius 2 is 1.72 bits per heavy atom. The van der Waals surface area contributed by atoms with E-state index < -0.39 is 12.1 Å². The van der Waals surface area contributed by atoms with Crippen LogP contribution in [-0.4, -0.2) is 83.9 Å². The Hall–Kier alpha value is -3.97. The summed E-state index contributed by atoms with van der Waals surface area (Å²) in [7, 11) is 5.65. The van der Waals surface area contributed by atoms with Gasteiger partial charge in [0.15, 0.2) is 5.58 Å². The van der Waals surface area contributed by atoms with Crippen molar-refractivity contribution < 1.29 is 37.1 Å². The number of thiazole rings is 1. The van der Waals surface area contributed by atoms with Crippen molar-refractivity contribution in [2.24, 2.45) is 0 Å². The minimum Gasteiger partial charge on any atom is -0.497 e. The number of methoxy groups -OCH3 is 1. The highest BCUT2D eigenvalue weighted by atomic mass is 32.1. The lowest BCUT2D eigenvalue weighted by Gasteiger charge is -2.21. The molecule has 0 aliphatic rings. The van der Waals surface area contributed by atoms with Gasteiger partial charge >= 0.3 is 12.1 Å². The molecule has 0 spiro atoms. The largest absolute Gasteiger partial charge is 0.497 e. The second kappa shape index (κ2) is 12.7. The van der Waals surface area contributed by atoms with Gasteiger partial charge in [0.25, 0.3) is 5.91 Å². The van der Waals surface area contributed by atoms with Crippen LogP contribution < -0.4 is 4.74 Å². The SMILES string of the molecule is CCN(CCN(C)C)C(=O)c1cnc(-c2noc3cc(-c4ccc(OC)cc4)ccc23)s1.O=C(O)C(F)(F)F. The highest BCUT2D eigenvalue weighted by molar-refractivity contribution is 7.17. The molecule has 0 radical (unpaired) electrons. The predicted molar refractivity (Wildman–Crippen MR) is 141 cm³/mol. The Balaban J connectivity index is 0.000000532. The van der Waals surface area contributed by atoms with Crippen LogP contribution >= 0.6 is 11.3 Å². The van der Waals surface area contributed by atoms with Gasteiger partial charge in [-0.1, -0.05) is 23.4 Å². The van der Waals surface area contributed by atoms with Crippen LogP contribution in [0.3, 0.4) is 0 Å². The molecule has 4 rings (SSSR count). The van der Waals surface area contributed by atoms with Crippen LogP contribution in [0, 0.1) is 0 Å². The number of aliphatic carboxylic acids is 1. The highest BCUT2D eigenvalue weighted by Crippen LogP contribution is 2.34. The first kappa shape index (κ1) is 29.6. The van der Waals surface area contributed by atoms with E-state index in [4.69, 9.17) is 19.2 Å². The number of carbonyl (C=O) groups is 2. The van der Waals surface area contributed by atoms with Crippen LogP contribution in [0.15, 0.2) is 53.2 Å². The second-order valence-electron chi connectivity index (χ2n) is 8.49. The van der Waals surface area contributed by atoms with Gasteiger partial charge in [0.2, 0.25) is 0 Å². The molecule has 0 aliphatic carbocycles. The van der Waals surface area contributed by atoms with Gasteiger partial charge < -0.3 is 24.2 Å². The maximum Gasteiger partial charge on any atom is 0.490 e. The van der Waals surface area contributed by atoms with Gasteiger partial charge in [-0.2, -0.15) is 13.2 Å². The van der Waals surface area contributed by atoms with E-state index in [1.165, 1.54) is 11.3 Å². The number of carboxylic acids is 1. The van der Waals surface area contributed by atoms with Gasteiger partial charge in [0.05, 0.1) is 18.7 Å². The van der Waals surface area contributed by atoms with Crippen LogP contribution in [0.4, 0.5) is 13.2 Å². The fraction of sp³-hybridized carbons (Fsp3) is 0.308. The predicted octanol–water partition coefficient (Wildman–Crippen LogP) is 5.28. The number of ether oxygens (including phenoxy) is 1. The van der Waals surface area contributed by atoms with Crippen molar-refractivity contribution in [3.05, 3.63) is 53.5 Å². The average molecular weight is 565 g/mol. The summed E-state index contributed by atoms with van der Waals surface area (Å²) in [5.41, 5.74) is 3.42. The van der Waals surface area contributed by atoms with Crippen molar-refractivity contribution >= 4 is 34.2 Å². The number of aromatic nitrogens is 2. The summed E-state index contributed by atoms with van der Waals surface area (Å²) >= 11 is 1.34. The third kappa shape index (κ3) is 7.54. The molecule has 13 heteroatoms. The van der Waals surface area contributed by atoms with Gasteiger partial charge in [-0.15, -0.1) is 11.3 Å². The number of benzene rings is 2. The van der Waals surface area contributed by atoms with Gasteiger partial charge in [0.1, 0.15) is 21.3 Å². The second-order valence-corrected chi connectivity index (χ2v) is 9.52. The lowest BCUT2D eigenvalue weighted by Crippen LogP contribution is -2.36. The Bertz CT molecular complexity index is 1420. The third-order valence-corrected chi connectivity index (χ3v) is 6.54. The number of nitrogens with zero attached hydrogens (tertiary/aromatic N) is 4. The molecule has 2 heterocycles. The lowest BCUT2D eigenvalue weighted by atomic mass is 10.0. The molecule has 4 aromatic rings. The number of hydrogen-bond acceptors (Lipinski definition) is 8. The third-order valence-electron chi connectivity index (χ3n) is 5.54. The maximum absolute atomic E-state index is 12.9. The van der Waals surface area contributed by atoms with E-state index >= 15 is 0 Å². The molecule has 0 atom stereocenters. The molecule has 1 N–H and O–H groups in total. The van der Waals surface area contributed by atoms with Crippen molar-refractivity contribution in [2.75, 3.05) is 40.8 Å². The van der Waals surface area contributed by atoms with Crippen molar-refractivity contribution in [3.63, 3.8) is 0 Å².